The molecule has 0 radical (unpaired) electrons. The summed E-state index contributed by atoms with van der Waals surface area (Å²) in [6.07, 6.45) is 2.10. The van der Waals surface area contributed by atoms with Crippen molar-refractivity contribution in [1.29, 1.82) is 0 Å². The van der Waals surface area contributed by atoms with Gasteiger partial charge in [0, 0.05) is 12.0 Å². The molecule has 2 aromatic rings. The van der Waals surface area contributed by atoms with E-state index >= 15 is 0 Å². The van der Waals surface area contributed by atoms with E-state index in [1.165, 1.54) is 0 Å². The molecule has 6 heteroatoms. The van der Waals surface area contributed by atoms with Gasteiger partial charge in [-0.3, -0.25) is 0 Å². The second-order valence-electron chi connectivity index (χ2n) is 4.30. The Morgan fingerprint density at radius 3 is 2.76 bits per heavy atom. The molecule has 17 heavy (non-hydrogen) atoms. The van der Waals surface area contributed by atoms with Gasteiger partial charge in [0.2, 0.25) is 0 Å². The number of nitrogens with zero attached hydrogens (tertiary/aromatic N) is 3. The van der Waals surface area contributed by atoms with E-state index in [0.717, 1.165) is 37.5 Å². The molecule has 0 bridgehead atoms. The summed E-state index contributed by atoms with van der Waals surface area (Å²) in [5.41, 5.74) is 0.607. The van der Waals surface area contributed by atoms with Gasteiger partial charge in [0.15, 0.2) is 11.5 Å². The van der Waals surface area contributed by atoms with Crippen molar-refractivity contribution in [2.45, 2.75) is 25.7 Å². The van der Waals surface area contributed by atoms with Crippen LogP contribution < -0.4 is 5.32 Å². The van der Waals surface area contributed by atoms with Gasteiger partial charge in [0.25, 0.3) is 5.89 Å². The summed E-state index contributed by atoms with van der Waals surface area (Å²) in [6.45, 7) is 3.86. The smallest absolute Gasteiger partial charge is 0.280 e. The van der Waals surface area contributed by atoms with Gasteiger partial charge in [-0.15, -0.1) is 0 Å². The number of rotatable bonds is 2. The molecule has 1 N–H and O–H groups in total. The van der Waals surface area contributed by atoms with Gasteiger partial charge in [-0.1, -0.05) is 10.3 Å². The Kier molecular flexibility index (Phi) is 2.64. The van der Waals surface area contributed by atoms with Crippen molar-refractivity contribution >= 4 is 0 Å². The predicted molar refractivity (Wildman–Crippen MR) is 59.4 cm³/mol. The molecule has 0 aliphatic carbocycles. The minimum absolute atomic E-state index is 0.391. The highest BCUT2D eigenvalue weighted by Crippen LogP contribution is 2.25. The van der Waals surface area contributed by atoms with Gasteiger partial charge in [-0.25, -0.2) is 0 Å². The van der Waals surface area contributed by atoms with Crippen molar-refractivity contribution in [3.05, 3.63) is 17.7 Å². The van der Waals surface area contributed by atoms with Crippen LogP contribution in [-0.4, -0.2) is 28.4 Å². The third kappa shape index (κ3) is 2.08. The summed E-state index contributed by atoms with van der Waals surface area (Å²) in [5, 5.41) is 11.2. The number of nitrogens with one attached hydrogen (secondary N) is 1. The average molecular weight is 234 g/mol. The first-order valence-electron chi connectivity index (χ1n) is 5.81. The standard InChI is InChI=1S/C11H14N4O2/c1-7-6-9(14-16-7)11-13-10(15-17-11)8-2-4-12-5-3-8/h6,8,12H,2-5H2,1H3. The van der Waals surface area contributed by atoms with Crippen LogP contribution >= 0.6 is 0 Å². The third-order valence-electron chi connectivity index (χ3n) is 2.99. The fourth-order valence-corrected chi connectivity index (χ4v) is 2.05. The summed E-state index contributed by atoms with van der Waals surface area (Å²) in [7, 11) is 0. The maximum Gasteiger partial charge on any atom is 0.280 e. The molecule has 0 saturated carbocycles. The predicted octanol–water partition coefficient (Wildman–Crippen LogP) is 1.50. The molecule has 1 saturated heterocycles. The summed E-state index contributed by atoms with van der Waals surface area (Å²) in [4.78, 5) is 4.39. The zero-order valence-electron chi connectivity index (χ0n) is 9.64. The molecule has 1 fully saturated rings. The molecule has 0 aromatic carbocycles. The monoisotopic (exact) mass is 234 g/mol. The molecule has 3 rings (SSSR count). The molecule has 1 aliphatic rings. The summed E-state index contributed by atoms with van der Waals surface area (Å²) in [6, 6.07) is 1.79. The largest absolute Gasteiger partial charge is 0.361 e. The van der Waals surface area contributed by atoms with E-state index in [1.807, 2.05) is 6.92 Å². The first kappa shape index (κ1) is 10.5. The molecule has 0 unspecified atom stereocenters. The average Bonchev–Trinajstić information content (AvgIpc) is 2.98. The lowest BCUT2D eigenvalue weighted by Crippen LogP contribution is -2.27. The van der Waals surface area contributed by atoms with Crippen molar-refractivity contribution in [3.63, 3.8) is 0 Å². The Balaban J connectivity index is 1.82. The molecular weight excluding hydrogens is 220 g/mol. The van der Waals surface area contributed by atoms with Gasteiger partial charge in [-0.2, -0.15) is 4.98 Å². The Labute approximate surface area is 98.4 Å². The van der Waals surface area contributed by atoms with E-state index in [-0.39, 0.29) is 0 Å². The van der Waals surface area contributed by atoms with Crippen LogP contribution in [0.2, 0.25) is 0 Å². The van der Waals surface area contributed by atoms with Crippen molar-refractivity contribution in [2.75, 3.05) is 13.1 Å². The van der Waals surface area contributed by atoms with Crippen LogP contribution in [0.3, 0.4) is 0 Å². The lowest BCUT2D eigenvalue weighted by atomic mass is 9.98. The molecule has 6 nitrogen and oxygen atoms in total. The summed E-state index contributed by atoms with van der Waals surface area (Å²) < 4.78 is 10.2. The second kappa shape index (κ2) is 4.29. The van der Waals surface area contributed by atoms with Crippen LogP contribution in [-0.2, 0) is 0 Å². The lowest BCUT2D eigenvalue weighted by Gasteiger charge is -2.18. The van der Waals surface area contributed by atoms with Crippen LogP contribution in [0.5, 0.6) is 0 Å². The molecule has 3 heterocycles. The van der Waals surface area contributed by atoms with Crippen molar-refractivity contribution in [2.24, 2.45) is 0 Å². The van der Waals surface area contributed by atoms with Crippen molar-refractivity contribution < 1.29 is 9.05 Å². The quantitative estimate of drug-likeness (QED) is 0.848. The molecule has 90 valence electrons. The fourth-order valence-electron chi connectivity index (χ4n) is 2.05. The van der Waals surface area contributed by atoms with E-state index < -0.39 is 0 Å². The van der Waals surface area contributed by atoms with E-state index in [4.69, 9.17) is 9.05 Å². The zero-order chi connectivity index (χ0) is 11.7. The maximum atomic E-state index is 5.21. The van der Waals surface area contributed by atoms with Gasteiger partial charge in [0.1, 0.15) is 5.76 Å². The van der Waals surface area contributed by atoms with E-state index in [0.29, 0.717) is 17.5 Å². The highest BCUT2D eigenvalue weighted by Gasteiger charge is 2.22. The Morgan fingerprint density at radius 2 is 2.06 bits per heavy atom. The van der Waals surface area contributed by atoms with Crippen LogP contribution in [0.15, 0.2) is 15.1 Å². The van der Waals surface area contributed by atoms with E-state index in [9.17, 15) is 0 Å². The second-order valence-corrected chi connectivity index (χ2v) is 4.30. The van der Waals surface area contributed by atoms with Crippen molar-refractivity contribution in [3.8, 4) is 11.6 Å². The maximum absolute atomic E-state index is 5.21. The van der Waals surface area contributed by atoms with Gasteiger partial charge >= 0.3 is 0 Å². The van der Waals surface area contributed by atoms with Gasteiger partial charge in [-0.05, 0) is 32.9 Å². The highest BCUT2D eigenvalue weighted by atomic mass is 16.5. The molecular formula is C11H14N4O2. The van der Waals surface area contributed by atoms with Crippen LogP contribution in [0.1, 0.15) is 30.3 Å². The zero-order valence-corrected chi connectivity index (χ0v) is 9.64. The highest BCUT2D eigenvalue weighted by molar-refractivity contribution is 5.45. The van der Waals surface area contributed by atoms with Crippen LogP contribution in [0.4, 0.5) is 0 Å². The number of aryl methyl sites for hydroxylation is 1. The Hall–Kier alpha value is -1.69. The van der Waals surface area contributed by atoms with E-state index in [1.54, 1.807) is 6.07 Å². The van der Waals surface area contributed by atoms with E-state index in [2.05, 4.69) is 20.6 Å². The number of hydrogen-bond donors (Lipinski definition) is 1. The minimum atomic E-state index is 0.391. The van der Waals surface area contributed by atoms with Gasteiger partial charge < -0.3 is 14.4 Å². The summed E-state index contributed by atoms with van der Waals surface area (Å²) >= 11 is 0. The minimum Gasteiger partial charge on any atom is -0.361 e. The molecule has 1 aliphatic heterocycles. The SMILES string of the molecule is Cc1cc(-c2nc(C3CCNCC3)no2)no1. The normalized spacial score (nSPS) is 17.5. The first-order valence-corrected chi connectivity index (χ1v) is 5.81. The molecule has 0 spiro atoms. The van der Waals surface area contributed by atoms with Crippen molar-refractivity contribution in [1.82, 2.24) is 20.6 Å². The lowest BCUT2D eigenvalue weighted by molar-refractivity contribution is 0.381. The number of hydrogen-bond acceptors (Lipinski definition) is 6. The summed E-state index contributed by atoms with van der Waals surface area (Å²) in [5.74, 6) is 2.35. The van der Waals surface area contributed by atoms with Gasteiger partial charge in [0.05, 0.1) is 0 Å². The fraction of sp³-hybridized carbons (Fsp3) is 0.545. The Bertz CT molecular complexity index is 499. The Morgan fingerprint density at radius 1 is 1.24 bits per heavy atom. The third-order valence-corrected chi connectivity index (χ3v) is 2.99. The molecule has 0 atom stereocenters. The number of piperidine rings is 1. The van der Waals surface area contributed by atoms with Crippen LogP contribution in [0.25, 0.3) is 11.6 Å². The number of aromatic nitrogens is 3. The topological polar surface area (TPSA) is 77.0 Å². The van der Waals surface area contributed by atoms with Crippen LogP contribution in [0, 0.1) is 6.92 Å². The molecule has 0 amide bonds. The first-order chi connectivity index (χ1) is 8.33. The molecule has 2 aromatic heterocycles.